The zero-order valence-electron chi connectivity index (χ0n) is 20.4. The van der Waals surface area contributed by atoms with Crippen LogP contribution in [0.5, 0.6) is 0 Å². The summed E-state index contributed by atoms with van der Waals surface area (Å²) >= 11 is 0. The van der Waals surface area contributed by atoms with Crippen molar-refractivity contribution in [1.29, 1.82) is 0 Å². The van der Waals surface area contributed by atoms with Crippen LogP contribution in [-0.2, 0) is 22.6 Å². The first kappa shape index (κ1) is 26.6. The lowest BCUT2D eigenvalue weighted by atomic mass is 10.0. The molecule has 1 aromatic heterocycles. The minimum Gasteiger partial charge on any atom is -0.445 e. The summed E-state index contributed by atoms with van der Waals surface area (Å²) in [6.07, 6.45) is 7.70. The number of unbranched alkanes of at least 4 members (excludes halogenated alkanes) is 1. The van der Waals surface area contributed by atoms with Gasteiger partial charge in [0.25, 0.3) is 0 Å². The minimum atomic E-state index is -0.795. The van der Waals surface area contributed by atoms with Gasteiger partial charge in [-0.2, -0.15) is 0 Å². The molecule has 36 heavy (non-hydrogen) atoms. The van der Waals surface area contributed by atoms with Crippen molar-refractivity contribution in [3.63, 3.8) is 0 Å². The van der Waals surface area contributed by atoms with Gasteiger partial charge < -0.3 is 21.1 Å². The van der Waals surface area contributed by atoms with Gasteiger partial charge in [-0.1, -0.05) is 72.8 Å². The Bertz CT molecular complexity index is 1080. The monoisotopic (exact) mass is 486 g/mol. The third kappa shape index (κ3) is 9.72. The lowest BCUT2D eigenvalue weighted by molar-refractivity contribution is -0.123. The number of alkyl carbamates (subject to hydrolysis) is 1. The second-order valence-corrected chi connectivity index (χ2v) is 8.46. The van der Waals surface area contributed by atoms with E-state index in [2.05, 4.69) is 15.6 Å². The highest BCUT2D eigenvalue weighted by Gasteiger charge is 2.24. The normalized spacial score (nSPS) is 12.6. The molecule has 0 saturated carbocycles. The van der Waals surface area contributed by atoms with Crippen LogP contribution < -0.4 is 16.4 Å². The van der Waals surface area contributed by atoms with Gasteiger partial charge in [0.1, 0.15) is 12.6 Å². The Labute approximate surface area is 212 Å². The number of nitrogens with one attached hydrogen (secondary N) is 2. The average Bonchev–Trinajstić information content (AvgIpc) is 2.92. The van der Waals surface area contributed by atoms with E-state index in [1.807, 2.05) is 91.0 Å². The number of carbonyl (C=O) groups excluding carboxylic acids is 2. The van der Waals surface area contributed by atoms with Gasteiger partial charge in [-0.25, -0.2) is 4.79 Å². The standard InChI is InChI=1S/C29H34N4O3/c30-19-9-7-16-26(18-17-25-15-8-10-20-31-25)32-28(34)27(21-23-11-3-1-4-12-23)33-29(35)36-22-24-13-5-2-6-14-24/h1-6,8,10-15,17-18,20,26-27H,7,9,16,19,21-22,30H2,(H,32,34)(H,33,35)/b18-17+/t26-,27-/m0/s1. The Hall–Kier alpha value is -3.97. The molecule has 2 aromatic carbocycles. The minimum absolute atomic E-state index is 0.126. The number of hydrogen-bond acceptors (Lipinski definition) is 5. The van der Waals surface area contributed by atoms with Gasteiger partial charge in [0.05, 0.1) is 5.69 Å². The number of hydrogen-bond donors (Lipinski definition) is 3. The molecule has 7 heteroatoms. The van der Waals surface area contributed by atoms with Crippen LogP contribution in [-0.4, -0.2) is 35.6 Å². The maximum atomic E-state index is 13.4. The van der Waals surface area contributed by atoms with Crippen LogP contribution in [0, 0.1) is 0 Å². The van der Waals surface area contributed by atoms with Crippen molar-refractivity contribution in [1.82, 2.24) is 15.6 Å². The second kappa shape index (κ2) is 15.1. The molecule has 0 aliphatic heterocycles. The molecule has 0 aliphatic rings. The van der Waals surface area contributed by atoms with Crippen molar-refractivity contribution in [3.8, 4) is 0 Å². The van der Waals surface area contributed by atoms with Crippen molar-refractivity contribution in [2.24, 2.45) is 5.73 Å². The molecule has 0 saturated heterocycles. The smallest absolute Gasteiger partial charge is 0.408 e. The molecule has 0 radical (unpaired) electrons. The van der Waals surface area contributed by atoms with Crippen LogP contribution in [0.4, 0.5) is 4.79 Å². The Balaban J connectivity index is 1.68. The number of amides is 2. The van der Waals surface area contributed by atoms with Gasteiger partial charge in [-0.3, -0.25) is 9.78 Å². The van der Waals surface area contributed by atoms with E-state index in [1.54, 1.807) is 6.20 Å². The molecule has 188 valence electrons. The molecular weight excluding hydrogens is 452 g/mol. The fraction of sp³-hybridized carbons (Fsp3) is 0.276. The van der Waals surface area contributed by atoms with E-state index in [-0.39, 0.29) is 18.6 Å². The molecule has 2 atom stereocenters. The molecule has 3 rings (SSSR count). The highest BCUT2D eigenvalue weighted by atomic mass is 16.5. The molecule has 0 aliphatic carbocycles. The fourth-order valence-corrected chi connectivity index (χ4v) is 3.66. The largest absolute Gasteiger partial charge is 0.445 e. The topological polar surface area (TPSA) is 106 Å². The van der Waals surface area contributed by atoms with Crippen LogP contribution in [0.15, 0.2) is 91.1 Å². The lowest BCUT2D eigenvalue weighted by Gasteiger charge is -2.22. The summed E-state index contributed by atoms with van der Waals surface area (Å²) in [5.74, 6) is -0.279. The molecule has 1 heterocycles. The van der Waals surface area contributed by atoms with Gasteiger partial charge in [-0.15, -0.1) is 0 Å². The van der Waals surface area contributed by atoms with E-state index in [1.165, 1.54) is 0 Å². The number of nitrogens with zero attached hydrogens (tertiary/aromatic N) is 1. The van der Waals surface area contributed by atoms with Crippen molar-refractivity contribution < 1.29 is 14.3 Å². The van der Waals surface area contributed by atoms with E-state index in [9.17, 15) is 9.59 Å². The predicted molar refractivity (Wildman–Crippen MR) is 142 cm³/mol. The number of ether oxygens (including phenoxy) is 1. The van der Waals surface area contributed by atoms with E-state index in [0.717, 1.165) is 36.1 Å². The van der Waals surface area contributed by atoms with E-state index in [0.29, 0.717) is 13.0 Å². The highest BCUT2D eigenvalue weighted by Crippen LogP contribution is 2.09. The van der Waals surface area contributed by atoms with Gasteiger partial charge in [0.2, 0.25) is 5.91 Å². The van der Waals surface area contributed by atoms with Crippen LogP contribution in [0.2, 0.25) is 0 Å². The van der Waals surface area contributed by atoms with E-state index >= 15 is 0 Å². The van der Waals surface area contributed by atoms with Crippen molar-refractivity contribution >= 4 is 18.1 Å². The van der Waals surface area contributed by atoms with Crippen LogP contribution >= 0.6 is 0 Å². The van der Waals surface area contributed by atoms with Crippen LogP contribution in [0.25, 0.3) is 6.08 Å². The summed E-state index contributed by atoms with van der Waals surface area (Å²) in [5, 5.41) is 5.83. The molecule has 0 fully saturated rings. The number of rotatable bonds is 13. The summed E-state index contributed by atoms with van der Waals surface area (Å²) in [5.41, 5.74) is 8.27. The zero-order chi connectivity index (χ0) is 25.4. The summed E-state index contributed by atoms with van der Waals surface area (Å²) < 4.78 is 5.37. The van der Waals surface area contributed by atoms with Gasteiger partial charge in [-0.05, 0) is 55.1 Å². The number of pyridine rings is 1. The lowest BCUT2D eigenvalue weighted by Crippen LogP contribution is -2.50. The van der Waals surface area contributed by atoms with E-state index < -0.39 is 12.1 Å². The van der Waals surface area contributed by atoms with Crippen LogP contribution in [0.1, 0.15) is 36.1 Å². The number of aromatic nitrogens is 1. The first-order valence-electron chi connectivity index (χ1n) is 12.2. The highest BCUT2D eigenvalue weighted by molar-refractivity contribution is 5.86. The van der Waals surface area contributed by atoms with Gasteiger partial charge in [0.15, 0.2) is 0 Å². The fourth-order valence-electron chi connectivity index (χ4n) is 3.66. The molecular formula is C29H34N4O3. The third-order valence-corrected chi connectivity index (χ3v) is 5.59. The van der Waals surface area contributed by atoms with Gasteiger partial charge in [0, 0.05) is 18.7 Å². The van der Waals surface area contributed by atoms with Crippen LogP contribution in [0.3, 0.4) is 0 Å². The first-order chi connectivity index (χ1) is 17.6. The van der Waals surface area contributed by atoms with Crippen molar-refractivity contribution in [2.45, 2.75) is 44.4 Å². The molecule has 2 amide bonds. The molecule has 7 nitrogen and oxygen atoms in total. The Morgan fingerprint density at radius 3 is 2.25 bits per heavy atom. The summed E-state index contributed by atoms with van der Waals surface area (Å²) in [6, 6.07) is 23.6. The van der Waals surface area contributed by atoms with Gasteiger partial charge >= 0.3 is 6.09 Å². The van der Waals surface area contributed by atoms with Crippen molar-refractivity contribution in [2.75, 3.05) is 6.54 Å². The maximum absolute atomic E-state index is 13.4. The molecule has 0 unspecified atom stereocenters. The molecule has 4 N–H and O–H groups in total. The molecule has 0 bridgehead atoms. The average molecular weight is 487 g/mol. The quantitative estimate of drug-likeness (QED) is 0.313. The first-order valence-corrected chi connectivity index (χ1v) is 12.2. The number of benzene rings is 2. The van der Waals surface area contributed by atoms with Crippen molar-refractivity contribution in [3.05, 3.63) is 108 Å². The molecule has 0 spiro atoms. The Morgan fingerprint density at radius 1 is 0.889 bits per heavy atom. The summed E-state index contributed by atoms with van der Waals surface area (Å²) in [6.45, 7) is 0.719. The Morgan fingerprint density at radius 2 is 1.58 bits per heavy atom. The third-order valence-electron chi connectivity index (χ3n) is 5.59. The second-order valence-electron chi connectivity index (χ2n) is 8.46. The Kier molecular flexibility index (Phi) is 11.2. The predicted octanol–water partition coefficient (Wildman–Crippen LogP) is 4.25. The maximum Gasteiger partial charge on any atom is 0.408 e. The SMILES string of the molecule is NCCCC[C@@H](/C=C/c1ccccn1)NC(=O)[C@H](Cc1ccccc1)NC(=O)OCc1ccccc1. The van der Waals surface area contributed by atoms with E-state index in [4.69, 9.17) is 10.5 Å². The zero-order valence-corrected chi connectivity index (χ0v) is 20.4. The number of nitrogens with two attached hydrogens (primary N) is 1. The summed E-state index contributed by atoms with van der Waals surface area (Å²) in [7, 11) is 0. The molecule has 3 aromatic rings. The number of carbonyl (C=O) groups is 2. The summed E-state index contributed by atoms with van der Waals surface area (Å²) in [4.78, 5) is 30.2.